The summed E-state index contributed by atoms with van der Waals surface area (Å²) in [6.45, 7) is 2.60. The Kier molecular flexibility index (Phi) is 3.96. The minimum absolute atomic E-state index is 0.150. The van der Waals surface area contributed by atoms with Crippen molar-refractivity contribution in [2.45, 2.75) is 31.3 Å². The highest BCUT2D eigenvalue weighted by molar-refractivity contribution is 6.35. The molecule has 0 aromatic heterocycles. The molecule has 0 bridgehead atoms. The van der Waals surface area contributed by atoms with Gasteiger partial charge in [0.05, 0.1) is 28.2 Å². The quantitative estimate of drug-likeness (QED) is 0.539. The molecule has 4 atom stereocenters. The zero-order valence-electron chi connectivity index (χ0n) is 18.5. The van der Waals surface area contributed by atoms with Crippen molar-refractivity contribution in [3.8, 4) is 0 Å². The molecule has 7 rings (SSSR count). The molecule has 4 unspecified atom stereocenters. The van der Waals surface area contributed by atoms with Crippen LogP contribution in [0.25, 0.3) is 10.8 Å². The number of fused-ring (bicyclic) bond motifs is 8. The molecule has 0 radical (unpaired) electrons. The van der Waals surface area contributed by atoms with E-state index < -0.39 is 17.4 Å². The molecule has 6 nitrogen and oxygen atoms in total. The maximum atomic E-state index is 14.1. The molecule has 3 aromatic rings. The van der Waals surface area contributed by atoms with Crippen LogP contribution in [0.3, 0.4) is 0 Å². The molecule has 4 aliphatic rings. The van der Waals surface area contributed by atoms with Crippen LogP contribution in [0.1, 0.15) is 24.0 Å². The Hall–Kier alpha value is -3.22. The SMILES string of the molecule is Cc1cc(Cl)c2c(c1)C1(C(=O)N2)C2C(=O)N(c3ccc4ccccc4c3)C(=O)C2C2CCCN21. The molecule has 0 aliphatic carbocycles. The highest BCUT2D eigenvalue weighted by Crippen LogP contribution is 2.61. The zero-order valence-corrected chi connectivity index (χ0v) is 19.3. The topological polar surface area (TPSA) is 69.7 Å². The van der Waals surface area contributed by atoms with Crippen molar-refractivity contribution in [1.29, 1.82) is 0 Å². The van der Waals surface area contributed by atoms with Gasteiger partial charge in [-0.25, -0.2) is 4.90 Å². The molecule has 1 spiro atoms. The van der Waals surface area contributed by atoms with E-state index in [1.165, 1.54) is 4.90 Å². The van der Waals surface area contributed by atoms with Crippen LogP contribution < -0.4 is 10.2 Å². The van der Waals surface area contributed by atoms with Gasteiger partial charge in [0.15, 0.2) is 0 Å². The monoisotopic (exact) mass is 471 g/mol. The minimum atomic E-state index is -1.21. The number of aryl methyl sites for hydroxylation is 1. The maximum absolute atomic E-state index is 14.1. The third kappa shape index (κ3) is 2.28. The van der Waals surface area contributed by atoms with Crippen LogP contribution in [-0.4, -0.2) is 35.2 Å². The van der Waals surface area contributed by atoms with Gasteiger partial charge in [-0.3, -0.25) is 19.3 Å². The van der Waals surface area contributed by atoms with E-state index in [2.05, 4.69) is 10.2 Å². The first-order valence-electron chi connectivity index (χ1n) is 11.7. The molecular weight excluding hydrogens is 450 g/mol. The first-order chi connectivity index (χ1) is 16.4. The second-order valence-electron chi connectivity index (χ2n) is 9.84. The fourth-order valence-electron chi connectivity index (χ4n) is 6.97. The van der Waals surface area contributed by atoms with Crippen LogP contribution >= 0.6 is 11.6 Å². The van der Waals surface area contributed by atoms with Gasteiger partial charge in [0.1, 0.15) is 5.54 Å². The molecule has 7 heteroatoms. The summed E-state index contributed by atoms with van der Waals surface area (Å²) in [5.41, 5.74) is 1.55. The summed E-state index contributed by atoms with van der Waals surface area (Å²) in [4.78, 5) is 45.2. The second-order valence-corrected chi connectivity index (χ2v) is 10.2. The van der Waals surface area contributed by atoms with E-state index in [0.29, 0.717) is 22.9 Å². The number of carbonyl (C=O) groups is 3. The van der Waals surface area contributed by atoms with E-state index in [4.69, 9.17) is 11.6 Å². The van der Waals surface area contributed by atoms with Gasteiger partial charge in [-0.1, -0.05) is 48.0 Å². The summed E-state index contributed by atoms with van der Waals surface area (Å²) in [5.74, 6) is -2.11. The average Bonchev–Trinajstić information content (AvgIpc) is 3.52. The molecule has 3 saturated heterocycles. The number of carbonyl (C=O) groups excluding carboxylic acids is 3. The molecule has 34 heavy (non-hydrogen) atoms. The molecular formula is C27H22ClN3O3. The highest BCUT2D eigenvalue weighted by Gasteiger charge is 2.74. The number of anilines is 2. The fourth-order valence-corrected chi connectivity index (χ4v) is 7.29. The summed E-state index contributed by atoms with van der Waals surface area (Å²) >= 11 is 6.54. The molecule has 3 amide bonds. The molecule has 0 saturated carbocycles. The van der Waals surface area contributed by atoms with E-state index in [9.17, 15) is 14.4 Å². The number of hydrogen-bond donors (Lipinski definition) is 1. The molecule has 3 fully saturated rings. The maximum Gasteiger partial charge on any atom is 0.250 e. The average molecular weight is 472 g/mol. The summed E-state index contributed by atoms with van der Waals surface area (Å²) in [6.07, 6.45) is 1.67. The van der Waals surface area contributed by atoms with E-state index in [-0.39, 0.29) is 23.8 Å². The lowest BCUT2D eigenvalue weighted by molar-refractivity contribution is -0.135. The van der Waals surface area contributed by atoms with Gasteiger partial charge in [0, 0.05) is 11.6 Å². The van der Waals surface area contributed by atoms with Gasteiger partial charge in [0.25, 0.3) is 5.91 Å². The fraction of sp³-hybridized carbons (Fsp3) is 0.296. The van der Waals surface area contributed by atoms with Crippen LogP contribution in [0.4, 0.5) is 11.4 Å². The van der Waals surface area contributed by atoms with Crippen molar-refractivity contribution >= 4 is 51.5 Å². The minimum Gasteiger partial charge on any atom is -0.323 e. The Bertz CT molecular complexity index is 1450. The first kappa shape index (κ1) is 20.2. The summed E-state index contributed by atoms with van der Waals surface area (Å²) in [5, 5.41) is 5.43. The third-order valence-corrected chi connectivity index (χ3v) is 8.49. The third-order valence-electron chi connectivity index (χ3n) is 8.19. The lowest BCUT2D eigenvalue weighted by Crippen LogP contribution is -2.54. The molecule has 1 N–H and O–H groups in total. The molecule has 4 heterocycles. The normalized spacial score (nSPS) is 29.8. The van der Waals surface area contributed by atoms with Gasteiger partial charge in [-0.15, -0.1) is 0 Å². The predicted octanol–water partition coefficient (Wildman–Crippen LogP) is 4.23. The van der Waals surface area contributed by atoms with E-state index >= 15 is 0 Å². The Balaban J connectivity index is 1.43. The van der Waals surface area contributed by atoms with Crippen molar-refractivity contribution in [1.82, 2.24) is 4.90 Å². The van der Waals surface area contributed by atoms with Crippen LogP contribution in [0.2, 0.25) is 5.02 Å². The van der Waals surface area contributed by atoms with Gasteiger partial charge in [-0.2, -0.15) is 0 Å². The van der Waals surface area contributed by atoms with Gasteiger partial charge in [-0.05, 0) is 60.8 Å². The van der Waals surface area contributed by atoms with Gasteiger partial charge < -0.3 is 5.32 Å². The Labute approximate surface area is 201 Å². The Morgan fingerprint density at radius 3 is 2.62 bits per heavy atom. The largest absolute Gasteiger partial charge is 0.323 e. The number of nitrogens with one attached hydrogen (secondary N) is 1. The van der Waals surface area contributed by atoms with Crippen LogP contribution in [-0.2, 0) is 19.9 Å². The van der Waals surface area contributed by atoms with Crippen molar-refractivity contribution in [3.05, 3.63) is 70.7 Å². The van der Waals surface area contributed by atoms with Crippen LogP contribution in [0.5, 0.6) is 0 Å². The van der Waals surface area contributed by atoms with Crippen molar-refractivity contribution in [3.63, 3.8) is 0 Å². The summed E-state index contributed by atoms with van der Waals surface area (Å²) in [7, 11) is 0. The number of rotatable bonds is 1. The number of imide groups is 1. The number of amides is 3. The summed E-state index contributed by atoms with van der Waals surface area (Å²) in [6, 6.07) is 17.1. The Morgan fingerprint density at radius 2 is 1.79 bits per heavy atom. The molecule has 170 valence electrons. The van der Waals surface area contributed by atoms with E-state index in [1.54, 1.807) is 0 Å². The second kappa shape index (κ2) is 6.68. The highest BCUT2D eigenvalue weighted by atomic mass is 35.5. The zero-order chi connectivity index (χ0) is 23.4. The molecule has 4 aliphatic heterocycles. The van der Waals surface area contributed by atoms with Crippen molar-refractivity contribution in [2.24, 2.45) is 11.8 Å². The van der Waals surface area contributed by atoms with Gasteiger partial charge in [0.2, 0.25) is 11.8 Å². The Morgan fingerprint density at radius 1 is 1.00 bits per heavy atom. The predicted molar refractivity (Wildman–Crippen MR) is 130 cm³/mol. The number of hydrogen-bond acceptors (Lipinski definition) is 4. The number of halogens is 1. The lowest BCUT2D eigenvalue weighted by Gasteiger charge is -2.36. The van der Waals surface area contributed by atoms with E-state index in [1.807, 2.05) is 61.5 Å². The van der Waals surface area contributed by atoms with Crippen LogP contribution in [0.15, 0.2) is 54.6 Å². The van der Waals surface area contributed by atoms with E-state index in [0.717, 1.165) is 34.7 Å². The standard InChI is InChI=1S/C27H22ClN3O3/c1-14-11-18-23(19(28)12-14)29-26(34)27(18)22-21(20-7-4-10-30(20)27)24(32)31(25(22)33)17-9-8-15-5-2-3-6-16(15)13-17/h2-3,5-6,8-9,11-13,20-22H,4,7,10H2,1H3,(H,29,34). The smallest absolute Gasteiger partial charge is 0.250 e. The van der Waals surface area contributed by atoms with Gasteiger partial charge >= 0.3 is 0 Å². The summed E-state index contributed by atoms with van der Waals surface area (Å²) < 4.78 is 0. The van der Waals surface area contributed by atoms with Crippen LogP contribution in [0, 0.1) is 18.8 Å². The van der Waals surface area contributed by atoms with Crippen molar-refractivity contribution in [2.75, 3.05) is 16.8 Å². The first-order valence-corrected chi connectivity index (χ1v) is 12.1. The number of nitrogens with zero attached hydrogens (tertiary/aromatic N) is 2. The number of benzene rings is 3. The molecule has 3 aromatic carbocycles. The lowest BCUT2D eigenvalue weighted by atomic mass is 9.75. The van der Waals surface area contributed by atoms with Crippen molar-refractivity contribution < 1.29 is 14.4 Å².